The smallest absolute Gasteiger partial charge is 0.330 e. The summed E-state index contributed by atoms with van der Waals surface area (Å²) in [7, 11) is 3.13. The van der Waals surface area contributed by atoms with E-state index >= 15 is 0 Å². The predicted molar refractivity (Wildman–Crippen MR) is 69.3 cm³/mol. The molecule has 0 spiro atoms. The number of pyridine rings is 1. The van der Waals surface area contributed by atoms with Crippen LogP contribution in [0.2, 0.25) is 5.15 Å². The molecule has 0 fully saturated rings. The average molecular weight is 266 g/mol. The summed E-state index contributed by atoms with van der Waals surface area (Å²) >= 11 is 6.06. The van der Waals surface area contributed by atoms with Crippen molar-refractivity contribution in [3.8, 4) is 0 Å². The Morgan fingerprint density at radius 1 is 1.56 bits per heavy atom. The SMILES string of the molecule is COC(=O)/C=C/c1cc2c(C)nn(C)c2nc1Cl. The second-order valence-electron chi connectivity index (χ2n) is 3.81. The number of halogens is 1. The van der Waals surface area contributed by atoms with Gasteiger partial charge < -0.3 is 4.74 Å². The molecule has 0 aliphatic rings. The average Bonchev–Trinajstić information content (AvgIpc) is 2.61. The van der Waals surface area contributed by atoms with E-state index in [2.05, 4.69) is 14.8 Å². The molecule has 2 heterocycles. The summed E-state index contributed by atoms with van der Waals surface area (Å²) in [5, 5.41) is 5.50. The Hall–Kier alpha value is -1.88. The van der Waals surface area contributed by atoms with E-state index in [1.807, 2.05) is 20.0 Å². The molecule has 18 heavy (non-hydrogen) atoms. The van der Waals surface area contributed by atoms with Crippen LogP contribution in [0.3, 0.4) is 0 Å². The number of hydrogen-bond donors (Lipinski definition) is 0. The Labute approximate surface area is 109 Å². The summed E-state index contributed by atoms with van der Waals surface area (Å²) < 4.78 is 6.19. The molecule has 0 saturated carbocycles. The summed E-state index contributed by atoms with van der Waals surface area (Å²) in [6.45, 7) is 1.89. The van der Waals surface area contributed by atoms with E-state index in [0.717, 1.165) is 11.1 Å². The van der Waals surface area contributed by atoms with Crippen LogP contribution in [0, 0.1) is 6.92 Å². The molecule has 0 aromatic carbocycles. The molecule has 0 amide bonds. The first-order valence-corrected chi connectivity index (χ1v) is 5.66. The summed E-state index contributed by atoms with van der Waals surface area (Å²) in [5.41, 5.74) is 2.24. The van der Waals surface area contributed by atoms with Crippen LogP contribution in [0.5, 0.6) is 0 Å². The molecule has 0 saturated heterocycles. The van der Waals surface area contributed by atoms with E-state index in [-0.39, 0.29) is 0 Å². The van der Waals surface area contributed by atoms with Crippen molar-refractivity contribution in [1.29, 1.82) is 0 Å². The number of rotatable bonds is 2. The minimum Gasteiger partial charge on any atom is -0.466 e. The van der Waals surface area contributed by atoms with Crippen LogP contribution in [0.1, 0.15) is 11.3 Å². The fraction of sp³-hybridized carbons (Fsp3) is 0.250. The molecule has 0 aliphatic carbocycles. The molecule has 0 unspecified atom stereocenters. The van der Waals surface area contributed by atoms with Gasteiger partial charge in [0.25, 0.3) is 0 Å². The molecule has 2 rings (SSSR count). The molecule has 0 bridgehead atoms. The van der Waals surface area contributed by atoms with Crippen LogP contribution in [-0.2, 0) is 16.6 Å². The zero-order chi connectivity index (χ0) is 13.3. The normalized spacial score (nSPS) is 11.3. The Morgan fingerprint density at radius 2 is 2.28 bits per heavy atom. The number of ether oxygens (including phenoxy) is 1. The lowest BCUT2D eigenvalue weighted by molar-refractivity contribution is -0.134. The zero-order valence-corrected chi connectivity index (χ0v) is 11.0. The number of methoxy groups -OCH3 is 1. The van der Waals surface area contributed by atoms with Crippen molar-refractivity contribution in [3.05, 3.63) is 28.6 Å². The van der Waals surface area contributed by atoms with Crippen molar-refractivity contribution in [1.82, 2.24) is 14.8 Å². The topological polar surface area (TPSA) is 57.0 Å². The predicted octanol–water partition coefficient (Wildman–Crippen LogP) is 2.12. The lowest BCUT2D eigenvalue weighted by atomic mass is 10.2. The van der Waals surface area contributed by atoms with Crippen LogP contribution in [0.25, 0.3) is 17.1 Å². The Bertz CT molecular complexity index is 646. The molecule has 0 radical (unpaired) electrons. The summed E-state index contributed by atoms with van der Waals surface area (Å²) in [6.07, 6.45) is 2.88. The summed E-state index contributed by atoms with van der Waals surface area (Å²) in [6, 6.07) is 1.85. The minimum absolute atomic E-state index is 0.325. The van der Waals surface area contributed by atoms with E-state index in [1.54, 1.807) is 10.8 Å². The standard InChI is InChI=1S/C12H12ClN3O2/c1-7-9-6-8(4-5-10(17)18-3)11(13)14-12(9)16(2)15-7/h4-6H,1-3H3/b5-4+. The fourth-order valence-corrected chi connectivity index (χ4v) is 1.88. The van der Waals surface area contributed by atoms with E-state index in [4.69, 9.17) is 11.6 Å². The van der Waals surface area contributed by atoms with Gasteiger partial charge in [-0.05, 0) is 19.1 Å². The molecule has 94 valence electrons. The quantitative estimate of drug-likeness (QED) is 0.474. The highest BCUT2D eigenvalue weighted by Crippen LogP contribution is 2.23. The number of carbonyl (C=O) groups excluding carboxylic acids is 1. The number of carbonyl (C=O) groups is 1. The van der Waals surface area contributed by atoms with Crippen LogP contribution >= 0.6 is 11.6 Å². The van der Waals surface area contributed by atoms with Crippen molar-refractivity contribution >= 4 is 34.7 Å². The van der Waals surface area contributed by atoms with Crippen molar-refractivity contribution in [2.24, 2.45) is 7.05 Å². The van der Waals surface area contributed by atoms with Gasteiger partial charge in [0.05, 0.1) is 12.8 Å². The van der Waals surface area contributed by atoms with E-state index in [1.165, 1.54) is 13.2 Å². The lowest BCUT2D eigenvalue weighted by Crippen LogP contribution is -1.95. The largest absolute Gasteiger partial charge is 0.466 e. The van der Waals surface area contributed by atoms with Gasteiger partial charge in [-0.2, -0.15) is 5.10 Å². The van der Waals surface area contributed by atoms with Crippen LogP contribution in [0.4, 0.5) is 0 Å². The molecule has 2 aromatic rings. The van der Waals surface area contributed by atoms with Gasteiger partial charge in [-0.25, -0.2) is 9.78 Å². The van der Waals surface area contributed by atoms with Gasteiger partial charge in [0, 0.05) is 24.1 Å². The summed E-state index contributed by atoms with van der Waals surface area (Å²) in [5.74, 6) is -0.436. The highest BCUT2D eigenvalue weighted by atomic mass is 35.5. The monoisotopic (exact) mass is 265 g/mol. The highest BCUT2D eigenvalue weighted by molar-refractivity contribution is 6.31. The van der Waals surface area contributed by atoms with Crippen LogP contribution in [0.15, 0.2) is 12.1 Å². The van der Waals surface area contributed by atoms with Crippen molar-refractivity contribution in [3.63, 3.8) is 0 Å². The second kappa shape index (κ2) is 4.78. The molecule has 0 atom stereocenters. The zero-order valence-electron chi connectivity index (χ0n) is 10.3. The maximum atomic E-state index is 11.0. The van der Waals surface area contributed by atoms with Crippen molar-refractivity contribution < 1.29 is 9.53 Å². The van der Waals surface area contributed by atoms with E-state index in [0.29, 0.717) is 16.4 Å². The van der Waals surface area contributed by atoms with Crippen molar-refractivity contribution in [2.75, 3.05) is 7.11 Å². The van der Waals surface area contributed by atoms with Crippen LogP contribution < -0.4 is 0 Å². The first kappa shape index (κ1) is 12.6. The van der Waals surface area contributed by atoms with Crippen molar-refractivity contribution in [2.45, 2.75) is 6.92 Å². The number of aryl methyl sites for hydroxylation is 2. The molecular weight excluding hydrogens is 254 g/mol. The first-order chi connectivity index (χ1) is 8.52. The van der Waals surface area contributed by atoms with Gasteiger partial charge >= 0.3 is 5.97 Å². The Kier molecular flexibility index (Phi) is 3.34. The number of esters is 1. The first-order valence-electron chi connectivity index (χ1n) is 5.29. The van der Waals surface area contributed by atoms with E-state index in [9.17, 15) is 4.79 Å². The van der Waals surface area contributed by atoms with Gasteiger partial charge in [-0.15, -0.1) is 0 Å². The Balaban J connectivity index is 2.52. The van der Waals surface area contributed by atoms with Gasteiger partial charge in [-0.3, -0.25) is 4.68 Å². The Morgan fingerprint density at radius 3 is 2.94 bits per heavy atom. The molecule has 6 heteroatoms. The number of aromatic nitrogens is 3. The number of fused-ring (bicyclic) bond motifs is 1. The van der Waals surface area contributed by atoms with Gasteiger partial charge in [0.15, 0.2) is 5.65 Å². The third kappa shape index (κ3) is 2.22. The van der Waals surface area contributed by atoms with Gasteiger partial charge in [0.1, 0.15) is 5.15 Å². The maximum Gasteiger partial charge on any atom is 0.330 e. The molecular formula is C12H12ClN3O2. The third-order valence-corrected chi connectivity index (χ3v) is 2.88. The molecule has 5 nitrogen and oxygen atoms in total. The number of nitrogens with zero attached hydrogens (tertiary/aromatic N) is 3. The van der Waals surface area contributed by atoms with Crippen LogP contribution in [-0.4, -0.2) is 27.8 Å². The van der Waals surface area contributed by atoms with Gasteiger partial charge in [-0.1, -0.05) is 11.6 Å². The molecule has 2 aromatic heterocycles. The van der Waals surface area contributed by atoms with Gasteiger partial charge in [0.2, 0.25) is 0 Å². The lowest BCUT2D eigenvalue weighted by Gasteiger charge is -1.99. The minimum atomic E-state index is -0.436. The fourth-order valence-electron chi connectivity index (χ4n) is 1.68. The summed E-state index contributed by atoms with van der Waals surface area (Å²) in [4.78, 5) is 15.3. The van der Waals surface area contributed by atoms with E-state index < -0.39 is 5.97 Å². The number of hydrogen-bond acceptors (Lipinski definition) is 4. The second-order valence-corrected chi connectivity index (χ2v) is 4.16. The maximum absolute atomic E-state index is 11.0. The highest BCUT2D eigenvalue weighted by Gasteiger charge is 2.10. The third-order valence-electron chi connectivity index (χ3n) is 2.58. The molecule has 0 aliphatic heterocycles. The molecule has 0 N–H and O–H groups in total.